The standard InChI is InChI=1S/C12H12FN3O4S/c13-12(2-1-8(18)15(5-17)11(12)20)16-3-6-7(10(16)19)4-21-9(6)14/h4,17H,1-3,5,14H2/t12-/m1/s1. The van der Waals surface area contributed by atoms with Gasteiger partial charge in [0.15, 0.2) is 0 Å². The monoisotopic (exact) mass is 313 g/mol. The summed E-state index contributed by atoms with van der Waals surface area (Å²) in [5.41, 5.74) is 6.52. The molecule has 21 heavy (non-hydrogen) atoms. The molecule has 0 radical (unpaired) electrons. The summed E-state index contributed by atoms with van der Waals surface area (Å²) in [6.07, 6.45) is -0.671. The Morgan fingerprint density at radius 2 is 2.14 bits per heavy atom. The number of likely N-dealkylation sites (tertiary alicyclic amines) is 1. The predicted octanol–water partition coefficient (Wildman–Crippen LogP) is 0.0507. The van der Waals surface area contributed by atoms with Gasteiger partial charge in [0.25, 0.3) is 17.6 Å². The van der Waals surface area contributed by atoms with Gasteiger partial charge in [0.2, 0.25) is 5.91 Å². The van der Waals surface area contributed by atoms with E-state index in [0.29, 0.717) is 15.5 Å². The van der Waals surface area contributed by atoms with Crippen LogP contribution in [0.1, 0.15) is 28.8 Å². The highest BCUT2D eigenvalue weighted by molar-refractivity contribution is 7.14. The van der Waals surface area contributed by atoms with Gasteiger partial charge in [0.1, 0.15) is 6.73 Å². The summed E-state index contributed by atoms with van der Waals surface area (Å²) in [6.45, 7) is -1.02. The zero-order valence-electron chi connectivity index (χ0n) is 10.8. The van der Waals surface area contributed by atoms with Crippen LogP contribution in [0.15, 0.2) is 5.38 Å². The second-order valence-corrected chi connectivity index (χ2v) is 5.82. The second-order valence-electron chi connectivity index (χ2n) is 4.91. The molecule has 0 unspecified atom stereocenters. The van der Waals surface area contributed by atoms with Crippen molar-refractivity contribution in [3.05, 3.63) is 16.5 Å². The summed E-state index contributed by atoms with van der Waals surface area (Å²) in [4.78, 5) is 37.1. The largest absolute Gasteiger partial charge is 0.390 e. The Kier molecular flexibility index (Phi) is 2.99. The van der Waals surface area contributed by atoms with Crippen molar-refractivity contribution in [1.82, 2.24) is 9.80 Å². The van der Waals surface area contributed by atoms with Crippen molar-refractivity contribution < 1.29 is 23.9 Å². The molecule has 0 saturated carbocycles. The number of alkyl halides is 1. The Labute approximate surface area is 122 Å². The van der Waals surface area contributed by atoms with E-state index in [9.17, 15) is 14.4 Å². The lowest BCUT2D eigenvalue weighted by atomic mass is 10.00. The number of aliphatic hydroxyl groups is 1. The van der Waals surface area contributed by atoms with Crippen LogP contribution in [0, 0.1) is 0 Å². The van der Waals surface area contributed by atoms with Gasteiger partial charge < -0.3 is 10.8 Å². The Bertz CT molecular complexity index is 661. The van der Waals surface area contributed by atoms with Gasteiger partial charge in [-0.3, -0.25) is 24.2 Å². The number of amides is 3. The topological polar surface area (TPSA) is 104 Å². The number of carbonyl (C=O) groups is 3. The summed E-state index contributed by atoms with van der Waals surface area (Å²) >= 11 is 1.18. The van der Waals surface area contributed by atoms with Gasteiger partial charge in [-0.2, -0.15) is 0 Å². The van der Waals surface area contributed by atoms with Gasteiger partial charge in [-0.25, -0.2) is 4.39 Å². The summed E-state index contributed by atoms with van der Waals surface area (Å²) in [5.74, 6) is -5.12. The highest BCUT2D eigenvalue weighted by Crippen LogP contribution is 2.40. The first-order valence-electron chi connectivity index (χ1n) is 6.22. The second kappa shape index (κ2) is 4.50. The number of rotatable bonds is 2. The van der Waals surface area contributed by atoms with Crippen LogP contribution in [0.2, 0.25) is 0 Å². The van der Waals surface area contributed by atoms with Crippen LogP contribution in [-0.2, 0) is 16.1 Å². The highest BCUT2D eigenvalue weighted by Gasteiger charge is 2.55. The molecule has 1 aromatic heterocycles. The highest BCUT2D eigenvalue weighted by atomic mass is 32.1. The molecular formula is C12H12FN3O4S. The number of hydrogen-bond acceptors (Lipinski definition) is 6. The summed E-state index contributed by atoms with van der Waals surface area (Å²) < 4.78 is 15.1. The van der Waals surface area contributed by atoms with E-state index in [4.69, 9.17) is 10.8 Å². The van der Waals surface area contributed by atoms with Crippen molar-refractivity contribution in [2.45, 2.75) is 25.2 Å². The van der Waals surface area contributed by atoms with E-state index >= 15 is 4.39 Å². The van der Waals surface area contributed by atoms with Crippen LogP contribution in [-0.4, -0.2) is 45.2 Å². The summed E-state index contributed by atoms with van der Waals surface area (Å²) in [7, 11) is 0. The molecule has 7 nitrogen and oxygen atoms in total. The van der Waals surface area contributed by atoms with E-state index < -0.39 is 36.7 Å². The van der Waals surface area contributed by atoms with Crippen LogP contribution in [0.4, 0.5) is 9.39 Å². The zero-order chi connectivity index (χ0) is 15.4. The van der Waals surface area contributed by atoms with Crippen molar-refractivity contribution in [2.75, 3.05) is 12.5 Å². The fraction of sp³-hybridized carbons (Fsp3) is 0.417. The first kappa shape index (κ1) is 14.0. The fourth-order valence-corrected chi connectivity index (χ4v) is 3.43. The number of piperidine rings is 1. The van der Waals surface area contributed by atoms with E-state index in [1.807, 2.05) is 0 Å². The van der Waals surface area contributed by atoms with Gasteiger partial charge >= 0.3 is 0 Å². The average molecular weight is 313 g/mol. The molecule has 2 aliphatic rings. The number of nitrogen functional groups attached to an aromatic ring is 1. The minimum atomic E-state index is -2.63. The quantitative estimate of drug-likeness (QED) is 0.593. The number of thiophene rings is 1. The number of aliphatic hydroxyl groups excluding tert-OH is 1. The third-order valence-corrected chi connectivity index (χ3v) is 4.69. The minimum Gasteiger partial charge on any atom is -0.390 e. The molecule has 0 aliphatic carbocycles. The molecule has 1 fully saturated rings. The molecule has 9 heteroatoms. The van der Waals surface area contributed by atoms with E-state index in [-0.39, 0.29) is 18.5 Å². The van der Waals surface area contributed by atoms with Crippen LogP contribution >= 0.6 is 11.3 Å². The lowest BCUT2D eigenvalue weighted by Gasteiger charge is -2.39. The number of hydrogen-bond donors (Lipinski definition) is 2. The van der Waals surface area contributed by atoms with Crippen molar-refractivity contribution in [3.63, 3.8) is 0 Å². The van der Waals surface area contributed by atoms with E-state index in [0.717, 1.165) is 4.90 Å². The maximum atomic E-state index is 15.1. The third kappa shape index (κ3) is 1.77. The van der Waals surface area contributed by atoms with Crippen LogP contribution in [0.5, 0.6) is 0 Å². The molecule has 1 aromatic rings. The number of carbonyl (C=O) groups excluding carboxylic acids is 3. The number of nitrogens with zero attached hydrogens (tertiary/aromatic N) is 2. The van der Waals surface area contributed by atoms with Crippen LogP contribution < -0.4 is 5.73 Å². The first-order chi connectivity index (χ1) is 9.90. The number of nitrogens with two attached hydrogens (primary N) is 1. The molecule has 1 atom stereocenters. The smallest absolute Gasteiger partial charge is 0.289 e. The zero-order valence-corrected chi connectivity index (χ0v) is 11.7. The van der Waals surface area contributed by atoms with E-state index in [1.54, 1.807) is 0 Å². The Balaban J connectivity index is 1.95. The molecule has 2 aliphatic heterocycles. The average Bonchev–Trinajstić information content (AvgIpc) is 2.97. The molecule has 3 heterocycles. The van der Waals surface area contributed by atoms with E-state index in [1.165, 1.54) is 16.7 Å². The summed E-state index contributed by atoms with van der Waals surface area (Å²) in [6, 6.07) is 0. The molecule has 1 saturated heterocycles. The molecule has 0 spiro atoms. The molecule has 3 amide bonds. The van der Waals surface area contributed by atoms with Gasteiger partial charge in [0, 0.05) is 23.8 Å². The van der Waals surface area contributed by atoms with Gasteiger partial charge in [0.05, 0.1) is 17.1 Å². The molecule has 3 rings (SSSR count). The number of imide groups is 1. The SMILES string of the molecule is Nc1scc2c1CN([C@]1(F)CCC(=O)N(CO)C1=O)C2=O. The van der Waals surface area contributed by atoms with Crippen molar-refractivity contribution in [1.29, 1.82) is 0 Å². The van der Waals surface area contributed by atoms with Crippen molar-refractivity contribution in [2.24, 2.45) is 0 Å². The number of fused-ring (bicyclic) bond motifs is 1. The van der Waals surface area contributed by atoms with Crippen molar-refractivity contribution >= 4 is 34.1 Å². The molecular weight excluding hydrogens is 301 g/mol. The van der Waals surface area contributed by atoms with Gasteiger partial charge in [-0.1, -0.05) is 0 Å². The fourth-order valence-electron chi connectivity index (χ4n) is 2.63. The summed E-state index contributed by atoms with van der Waals surface area (Å²) in [5, 5.41) is 11.0. The molecule has 0 aromatic carbocycles. The molecule has 0 bridgehead atoms. The maximum absolute atomic E-state index is 15.1. The Hall–Kier alpha value is -2.00. The minimum absolute atomic E-state index is 0.112. The Morgan fingerprint density at radius 3 is 2.76 bits per heavy atom. The molecule has 3 N–H and O–H groups in total. The van der Waals surface area contributed by atoms with Crippen LogP contribution in [0.3, 0.4) is 0 Å². The number of halogens is 1. The van der Waals surface area contributed by atoms with Gasteiger partial charge in [-0.05, 0) is 0 Å². The lowest BCUT2D eigenvalue weighted by Crippen LogP contribution is -2.61. The van der Waals surface area contributed by atoms with Gasteiger partial charge in [-0.15, -0.1) is 11.3 Å². The Morgan fingerprint density at radius 1 is 1.43 bits per heavy atom. The molecule has 112 valence electrons. The number of anilines is 1. The normalized spacial score (nSPS) is 25.7. The van der Waals surface area contributed by atoms with E-state index in [2.05, 4.69) is 0 Å². The maximum Gasteiger partial charge on any atom is 0.289 e. The van der Waals surface area contributed by atoms with Crippen LogP contribution in [0.25, 0.3) is 0 Å². The lowest BCUT2D eigenvalue weighted by molar-refractivity contribution is -0.174. The van der Waals surface area contributed by atoms with Crippen molar-refractivity contribution in [3.8, 4) is 0 Å². The predicted molar refractivity (Wildman–Crippen MR) is 70.6 cm³/mol. The third-order valence-electron chi connectivity index (χ3n) is 3.83. The first-order valence-corrected chi connectivity index (χ1v) is 7.10.